The summed E-state index contributed by atoms with van der Waals surface area (Å²) in [6.07, 6.45) is 1.66. The summed E-state index contributed by atoms with van der Waals surface area (Å²) in [4.78, 5) is 8.59. The van der Waals surface area contributed by atoms with Gasteiger partial charge in [0.05, 0.1) is 19.7 Å². The maximum Gasteiger partial charge on any atom is 0.221 e. The lowest BCUT2D eigenvalue weighted by Gasteiger charge is -2.13. The van der Waals surface area contributed by atoms with Crippen LogP contribution in [0.3, 0.4) is 0 Å². The molecule has 3 aromatic carbocycles. The highest BCUT2D eigenvalue weighted by atomic mass is 16.5. The molecule has 176 valence electrons. The van der Waals surface area contributed by atoms with Crippen molar-refractivity contribution in [2.45, 2.75) is 6.61 Å². The van der Waals surface area contributed by atoms with Gasteiger partial charge < -0.3 is 25.3 Å². The van der Waals surface area contributed by atoms with Crippen LogP contribution in [0.4, 0.5) is 17.6 Å². The lowest BCUT2D eigenvalue weighted by molar-refractivity contribution is 0.306. The molecule has 5 rings (SSSR count). The summed E-state index contributed by atoms with van der Waals surface area (Å²) in [7, 11) is 3.19. The summed E-state index contributed by atoms with van der Waals surface area (Å²) in [5.74, 6) is 3.24. The number of anilines is 3. The van der Waals surface area contributed by atoms with E-state index in [2.05, 4.69) is 25.5 Å². The fraction of sp³-hybridized carbons (Fsp3) is 0.115. The van der Waals surface area contributed by atoms with Crippen molar-refractivity contribution in [3.63, 3.8) is 0 Å². The highest BCUT2D eigenvalue weighted by Gasteiger charge is 2.15. The Hall–Kier alpha value is -4.79. The van der Waals surface area contributed by atoms with Crippen LogP contribution in [0.25, 0.3) is 22.0 Å². The number of nitrogens with one attached hydrogen (secondary N) is 2. The molecule has 4 N–H and O–H groups in total. The number of hydrogen-bond acceptors (Lipinski definition) is 8. The number of ether oxygens (including phenoxy) is 3. The van der Waals surface area contributed by atoms with Gasteiger partial charge in [-0.15, -0.1) is 0 Å². The van der Waals surface area contributed by atoms with Crippen molar-refractivity contribution in [2.75, 3.05) is 25.3 Å². The van der Waals surface area contributed by atoms with Gasteiger partial charge in [-0.05, 0) is 35.4 Å². The average molecular weight is 469 g/mol. The molecule has 2 aromatic heterocycles. The lowest BCUT2D eigenvalue weighted by atomic mass is 10.1. The predicted octanol–water partition coefficient (Wildman–Crippen LogP) is 4.94. The number of rotatable bonds is 8. The summed E-state index contributed by atoms with van der Waals surface area (Å²) in [6, 6.07) is 21.4. The molecule has 35 heavy (non-hydrogen) atoms. The molecular weight excluding hydrogens is 444 g/mol. The van der Waals surface area contributed by atoms with E-state index in [4.69, 9.17) is 19.9 Å². The Labute approximate surface area is 201 Å². The van der Waals surface area contributed by atoms with Gasteiger partial charge >= 0.3 is 0 Å². The first-order chi connectivity index (χ1) is 17.1. The minimum Gasteiger partial charge on any atom is -0.493 e. The summed E-state index contributed by atoms with van der Waals surface area (Å²) >= 11 is 0. The van der Waals surface area contributed by atoms with Crippen molar-refractivity contribution in [1.29, 1.82) is 0 Å². The normalized spacial score (nSPS) is 10.8. The van der Waals surface area contributed by atoms with Crippen LogP contribution in [0.2, 0.25) is 0 Å². The van der Waals surface area contributed by atoms with Gasteiger partial charge in [0.2, 0.25) is 5.95 Å². The third-order valence-electron chi connectivity index (χ3n) is 5.52. The zero-order valence-corrected chi connectivity index (χ0v) is 19.3. The monoisotopic (exact) mass is 468 g/mol. The summed E-state index contributed by atoms with van der Waals surface area (Å²) in [6.45, 7) is 0.487. The predicted molar refractivity (Wildman–Crippen MR) is 135 cm³/mol. The number of H-pyrrole nitrogens is 1. The van der Waals surface area contributed by atoms with Crippen LogP contribution in [0.5, 0.6) is 17.2 Å². The molecule has 0 bridgehead atoms. The van der Waals surface area contributed by atoms with Gasteiger partial charge in [-0.1, -0.05) is 36.4 Å². The van der Waals surface area contributed by atoms with Crippen LogP contribution in [0, 0.1) is 0 Å². The van der Waals surface area contributed by atoms with Gasteiger partial charge in [0.25, 0.3) is 0 Å². The second-order valence-corrected chi connectivity index (χ2v) is 7.74. The SMILES string of the molecule is COc1ccc(-c2cnc(N)nc2Nc2n[nH]c3cc(OCc4ccccc4)ccc23)cc1OC. The van der Waals surface area contributed by atoms with Gasteiger partial charge in [-0.25, -0.2) is 4.98 Å². The molecule has 9 nitrogen and oxygen atoms in total. The fourth-order valence-corrected chi connectivity index (χ4v) is 3.74. The Bertz CT molecular complexity index is 1470. The molecule has 0 saturated heterocycles. The van der Waals surface area contributed by atoms with Crippen LogP contribution >= 0.6 is 0 Å². The molecule has 9 heteroatoms. The molecule has 0 unspecified atom stereocenters. The first-order valence-corrected chi connectivity index (χ1v) is 10.9. The molecule has 0 aliphatic rings. The minimum absolute atomic E-state index is 0.146. The molecule has 0 aliphatic carbocycles. The van der Waals surface area contributed by atoms with Gasteiger partial charge in [-0.2, -0.15) is 10.1 Å². The van der Waals surface area contributed by atoms with Gasteiger partial charge in [0.1, 0.15) is 18.2 Å². The van der Waals surface area contributed by atoms with Gasteiger partial charge in [0.15, 0.2) is 17.3 Å². The average Bonchev–Trinajstić information content (AvgIpc) is 3.29. The Morgan fingerprint density at radius 1 is 0.914 bits per heavy atom. The number of nitrogens with zero attached hydrogens (tertiary/aromatic N) is 3. The summed E-state index contributed by atoms with van der Waals surface area (Å²) in [5.41, 5.74) is 9.40. The molecule has 0 spiro atoms. The molecular formula is C26H24N6O3. The van der Waals surface area contributed by atoms with Gasteiger partial charge in [0, 0.05) is 23.2 Å². The smallest absolute Gasteiger partial charge is 0.221 e. The number of nitrogens with two attached hydrogens (primary N) is 1. The van der Waals surface area contributed by atoms with E-state index < -0.39 is 0 Å². The highest BCUT2D eigenvalue weighted by Crippen LogP contribution is 2.36. The first-order valence-electron chi connectivity index (χ1n) is 10.9. The number of benzene rings is 3. The lowest BCUT2D eigenvalue weighted by Crippen LogP contribution is -2.03. The van der Waals surface area contributed by atoms with E-state index in [-0.39, 0.29) is 5.95 Å². The van der Waals surface area contributed by atoms with E-state index in [1.807, 2.05) is 66.7 Å². The number of aromatic nitrogens is 4. The first kappa shape index (κ1) is 22.0. The number of hydrogen-bond donors (Lipinski definition) is 3. The van der Waals surface area contributed by atoms with E-state index in [1.54, 1.807) is 20.4 Å². The molecule has 0 aliphatic heterocycles. The number of aromatic amines is 1. The van der Waals surface area contributed by atoms with E-state index in [0.29, 0.717) is 29.7 Å². The van der Waals surface area contributed by atoms with E-state index >= 15 is 0 Å². The number of fused-ring (bicyclic) bond motifs is 1. The topological polar surface area (TPSA) is 120 Å². The number of nitrogen functional groups attached to an aromatic ring is 1. The van der Waals surface area contributed by atoms with Crippen LogP contribution in [0.15, 0.2) is 72.9 Å². The van der Waals surface area contributed by atoms with Crippen LogP contribution in [-0.4, -0.2) is 34.4 Å². The molecule has 0 atom stereocenters. The van der Waals surface area contributed by atoms with Crippen LogP contribution < -0.4 is 25.3 Å². The van der Waals surface area contributed by atoms with Crippen molar-refractivity contribution in [2.24, 2.45) is 0 Å². The van der Waals surface area contributed by atoms with Crippen LogP contribution in [0.1, 0.15) is 5.56 Å². The number of methoxy groups -OCH3 is 2. The standard InChI is InChI=1S/C26H24N6O3/c1-33-22-11-8-17(12-23(22)34-2)20-14-28-26(27)30-24(20)29-25-19-10-9-18(13-21(19)31-32-25)35-15-16-6-4-3-5-7-16/h3-14H,15H2,1-2H3,(H4,27,28,29,30,31,32). The second kappa shape index (κ2) is 9.60. The van der Waals surface area contributed by atoms with Crippen molar-refractivity contribution in [3.8, 4) is 28.4 Å². The van der Waals surface area contributed by atoms with Crippen molar-refractivity contribution in [1.82, 2.24) is 20.2 Å². The van der Waals surface area contributed by atoms with E-state index in [9.17, 15) is 0 Å². The molecule has 0 fully saturated rings. The Balaban J connectivity index is 1.42. The zero-order chi connectivity index (χ0) is 24.2. The Morgan fingerprint density at radius 3 is 2.54 bits per heavy atom. The summed E-state index contributed by atoms with van der Waals surface area (Å²) in [5, 5.41) is 11.7. The maximum atomic E-state index is 5.93. The zero-order valence-electron chi connectivity index (χ0n) is 19.3. The Morgan fingerprint density at radius 2 is 1.74 bits per heavy atom. The highest BCUT2D eigenvalue weighted by molar-refractivity contribution is 5.93. The fourth-order valence-electron chi connectivity index (χ4n) is 3.74. The maximum absolute atomic E-state index is 5.93. The van der Waals surface area contributed by atoms with E-state index in [1.165, 1.54) is 0 Å². The van der Waals surface area contributed by atoms with Crippen LogP contribution in [-0.2, 0) is 6.61 Å². The molecule has 0 amide bonds. The quantitative estimate of drug-likeness (QED) is 0.293. The third kappa shape index (κ3) is 4.65. The van der Waals surface area contributed by atoms with Crippen molar-refractivity contribution < 1.29 is 14.2 Å². The van der Waals surface area contributed by atoms with Crippen molar-refractivity contribution >= 4 is 28.5 Å². The van der Waals surface area contributed by atoms with E-state index in [0.717, 1.165) is 33.3 Å². The third-order valence-corrected chi connectivity index (χ3v) is 5.52. The largest absolute Gasteiger partial charge is 0.493 e. The molecule has 0 saturated carbocycles. The second-order valence-electron chi connectivity index (χ2n) is 7.74. The van der Waals surface area contributed by atoms with Gasteiger partial charge in [-0.3, -0.25) is 5.10 Å². The molecule has 2 heterocycles. The molecule has 5 aromatic rings. The Kier molecular flexibility index (Phi) is 6.04. The summed E-state index contributed by atoms with van der Waals surface area (Å²) < 4.78 is 16.7. The van der Waals surface area contributed by atoms with Crippen molar-refractivity contribution in [3.05, 3.63) is 78.5 Å². The minimum atomic E-state index is 0.146. The molecule has 0 radical (unpaired) electrons.